The molecule has 1 aromatic heterocycles. The van der Waals surface area contributed by atoms with Crippen molar-refractivity contribution < 1.29 is 9.53 Å². The van der Waals surface area contributed by atoms with Crippen LogP contribution in [0.2, 0.25) is 0 Å². The summed E-state index contributed by atoms with van der Waals surface area (Å²) in [5.74, 6) is -0.243. The minimum atomic E-state index is -0.735. The fraction of sp³-hybridized carbons (Fsp3) is 0.571. The Balaban J connectivity index is 2.59. The number of fused-ring (bicyclic) bond motifs is 1. The van der Waals surface area contributed by atoms with Gasteiger partial charge in [-0.1, -0.05) is 6.42 Å². The second-order valence-corrected chi connectivity index (χ2v) is 6.15. The Kier molecular flexibility index (Phi) is 3.81. The number of rotatable bonds is 2. The van der Waals surface area contributed by atoms with Gasteiger partial charge < -0.3 is 10.5 Å². The SMILES string of the molecule is CCOC(=O)C1(C)CCCCc2sc(N)c(C#N)c21. The molecule has 1 unspecified atom stereocenters. The van der Waals surface area contributed by atoms with Gasteiger partial charge in [-0.05, 0) is 33.1 Å². The van der Waals surface area contributed by atoms with E-state index in [0.717, 1.165) is 29.7 Å². The van der Waals surface area contributed by atoms with E-state index in [-0.39, 0.29) is 5.97 Å². The van der Waals surface area contributed by atoms with E-state index in [2.05, 4.69) is 6.07 Å². The van der Waals surface area contributed by atoms with Gasteiger partial charge >= 0.3 is 5.97 Å². The van der Waals surface area contributed by atoms with Crippen LogP contribution >= 0.6 is 11.3 Å². The maximum Gasteiger partial charge on any atom is 0.316 e. The molecule has 102 valence electrons. The molecule has 1 heterocycles. The highest BCUT2D eigenvalue weighted by molar-refractivity contribution is 7.16. The average molecular weight is 278 g/mol. The lowest BCUT2D eigenvalue weighted by molar-refractivity contribution is -0.149. The molecule has 0 fully saturated rings. The number of aryl methyl sites for hydroxylation is 1. The van der Waals surface area contributed by atoms with E-state index in [1.54, 1.807) is 6.92 Å². The van der Waals surface area contributed by atoms with Crippen molar-refractivity contribution >= 4 is 22.3 Å². The Hall–Kier alpha value is -1.54. The van der Waals surface area contributed by atoms with E-state index in [0.29, 0.717) is 23.6 Å². The van der Waals surface area contributed by atoms with Crippen molar-refractivity contribution in [1.82, 2.24) is 0 Å². The zero-order valence-electron chi connectivity index (χ0n) is 11.3. The van der Waals surface area contributed by atoms with Gasteiger partial charge in [0.05, 0.1) is 17.6 Å². The standard InChI is InChI=1S/C14H18N2O2S/c1-3-18-13(17)14(2)7-5-4-6-10-11(14)9(8-15)12(16)19-10/h3-7,16H2,1-2H3. The molecule has 0 amide bonds. The highest BCUT2D eigenvalue weighted by Gasteiger charge is 2.42. The second-order valence-electron chi connectivity index (χ2n) is 5.01. The third kappa shape index (κ3) is 2.21. The summed E-state index contributed by atoms with van der Waals surface area (Å²) < 4.78 is 5.22. The van der Waals surface area contributed by atoms with Crippen LogP contribution in [-0.2, 0) is 21.4 Å². The number of nitrogens with two attached hydrogens (primary N) is 1. The molecule has 0 aromatic carbocycles. The molecule has 0 bridgehead atoms. The molecule has 1 aromatic rings. The van der Waals surface area contributed by atoms with Gasteiger partial charge in [0.2, 0.25) is 0 Å². The number of nitriles is 1. The molecular weight excluding hydrogens is 260 g/mol. The number of anilines is 1. The Morgan fingerprint density at radius 1 is 1.58 bits per heavy atom. The summed E-state index contributed by atoms with van der Waals surface area (Å²) in [5, 5.41) is 9.84. The number of hydrogen-bond donors (Lipinski definition) is 1. The average Bonchev–Trinajstić information content (AvgIpc) is 2.61. The Bertz CT molecular complexity index is 544. The van der Waals surface area contributed by atoms with Crippen LogP contribution in [0.1, 0.15) is 49.1 Å². The van der Waals surface area contributed by atoms with Gasteiger partial charge in [0.1, 0.15) is 11.1 Å². The molecule has 0 radical (unpaired) electrons. The molecule has 1 aliphatic carbocycles. The normalized spacial score (nSPS) is 22.2. The first-order valence-electron chi connectivity index (χ1n) is 6.53. The van der Waals surface area contributed by atoms with Crippen LogP contribution in [0.15, 0.2) is 0 Å². The van der Waals surface area contributed by atoms with E-state index >= 15 is 0 Å². The topological polar surface area (TPSA) is 76.1 Å². The number of hydrogen-bond acceptors (Lipinski definition) is 5. The second kappa shape index (κ2) is 5.22. The van der Waals surface area contributed by atoms with E-state index in [1.165, 1.54) is 11.3 Å². The number of carbonyl (C=O) groups is 1. The van der Waals surface area contributed by atoms with Crippen LogP contribution in [0.3, 0.4) is 0 Å². The Labute approximate surface area is 117 Å². The summed E-state index contributed by atoms with van der Waals surface area (Å²) in [5.41, 5.74) is 6.47. The molecular formula is C14H18N2O2S. The number of nitrogen functional groups attached to an aromatic ring is 1. The number of thiophene rings is 1. The summed E-state index contributed by atoms with van der Waals surface area (Å²) in [7, 11) is 0. The first kappa shape index (κ1) is 13.9. The third-order valence-corrected chi connectivity index (χ3v) is 4.81. The highest BCUT2D eigenvalue weighted by atomic mass is 32.1. The Morgan fingerprint density at radius 3 is 2.95 bits per heavy atom. The fourth-order valence-corrected chi connectivity index (χ4v) is 3.94. The van der Waals surface area contributed by atoms with Crippen molar-refractivity contribution in [2.45, 2.75) is 44.9 Å². The molecule has 0 spiro atoms. The maximum absolute atomic E-state index is 12.3. The van der Waals surface area contributed by atoms with Crippen LogP contribution in [0, 0.1) is 11.3 Å². The molecule has 1 aliphatic rings. The van der Waals surface area contributed by atoms with E-state index in [4.69, 9.17) is 10.5 Å². The van der Waals surface area contributed by atoms with Crippen molar-refractivity contribution in [2.24, 2.45) is 0 Å². The first-order chi connectivity index (χ1) is 9.04. The summed E-state index contributed by atoms with van der Waals surface area (Å²) in [6.45, 7) is 4.03. The molecule has 19 heavy (non-hydrogen) atoms. The van der Waals surface area contributed by atoms with Crippen molar-refractivity contribution in [3.05, 3.63) is 16.0 Å². The lowest BCUT2D eigenvalue weighted by Gasteiger charge is -2.26. The zero-order valence-corrected chi connectivity index (χ0v) is 12.1. The summed E-state index contributed by atoms with van der Waals surface area (Å²) >= 11 is 1.44. The monoisotopic (exact) mass is 278 g/mol. The smallest absolute Gasteiger partial charge is 0.316 e. The molecule has 1 atom stereocenters. The van der Waals surface area contributed by atoms with Crippen LogP contribution in [0.25, 0.3) is 0 Å². The molecule has 5 heteroatoms. The number of ether oxygens (including phenoxy) is 1. The first-order valence-corrected chi connectivity index (χ1v) is 7.35. The van der Waals surface area contributed by atoms with Crippen molar-refractivity contribution in [3.63, 3.8) is 0 Å². The molecule has 0 aliphatic heterocycles. The molecule has 2 rings (SSSR count). The summed E-state index contributed by atoms with van der Waals surface area (Å²) in [6, 6.07) is 2.16. The van der Waals surface area contributed by atoms with Gasteiger partial charge in [0.25, 0.3) is 0 Å². The van der Waals surface area contributed by atoms with E-state index in [9.17, 15) is 10.1 Å². The highest BCUT2D eigenvalue weighted by Crippen LogP contribution is 2.45. The van der Waals surface area contributed by atoms with Gasteiger partial charge in [-0.15, -0.1) is 11.3 Å². The number of esters is 1. The molecule has 0 saturated carbocycles. The Morgan fingerprint density at radius 2 is 2.32 bits per heavy atom. The minimum absolute atomic E-state index is 0.243. The quantitative estimate of drug-likeness (QED) is 0.666. The molecule has 4 nitrogen and oxygen atoms in total. The van der Waals surface area contributed by atoms with Crippen molar-refractivity contribution in [3.8, 4) is 6.07 Å². The van der Waals surface area contributed by atoms with Gasteiger partial charge in [-0.25, -0.2) is 0 Å². The summed E-state index contributed by atoms with van der Waals surface area (Å²) in [4.78, 5) is 13.4. The maximum atomic E-state index is 12.3. The minimum Gasteiger partial charge on any atom is -0.465 e. The van der Waals surface area contributed by atoms with E-state index in [1.807, 2.05) is 6.92 Å². The zero-order chi connectivity index (χ0) is 14.0. The van der Waals surface area contributed by atoms with Crippen molar-refractivity contribution in [1.29, 1.82) is 5.26 Å². The van der Waals surface area contributed by atoms with Gasteiger partial charge in [-0.3, -0.25) is 4.79 Å². The number of carbonyl (C=O) groups excluding carboxylic acids is 1. The number of nitrogens with zero attached hydrogens (tertiary/aromatic N) is 1. The fourth-order valence-electron chi connectivity index (χ4n) is 2.75. The third-order valence-electron chi connectivity index (χ3n) is 3.73. The lowest BCUT2D eigenvalue weighted by atomic mass is 9.78. The predicted molar refractivity (Wildman–Crippen MR) is 75.0 cm³/mol. The predicted octanol–water partition coefficient (Wildman–Crippen LogP) is 2.75. The summed E-state index contributed by atoms with van der Waals surface area (Å²) in [6.07, 6.45) is 3.58. The van der Waals surface area contributed by atoms with Crippen LogP contribution in [0.5, 0.6) is 0 Å². The van der Waals surface area contributed by atoms with Crippen LogP contribution < -0.4 is 5.73 Å². The van der Waals surface area contributed by atoms with Gasteiger partial charge in [0.15, 0.2) is 0 Å². The van der Waals surface area contributed by atoms with Gasteiger partial charge in [-0.2, -0.15) is 5.26 Å². The van der Waals surface area contributed by atoms with Crippen LogP contribution in [-0.4, -0.2) is 12.6 Å². The molecule has 2 N–H and O–H groups in total. The van der Waals surface area contributed by atoms with E-state index < -0.39 is 5.41 Å². The largest absolute Gasteiger partial charge is 0.465 e. The molecule has 0 saturated heterocycles. The van der Waals surface area contributed by atoms with Gasteiger partial charge in [0, 0.05) is 10.4 Å². The van der Waals surface area contributed by atoms with Crippen molar-refractivity contribution in [2.75, 3.05) is 12.3 Å². The van der Waals surface area contributed by atoms with Crippen LogP contribution in [0.4, 0.5) is 5.00 Å². The lowest BCUT2D eigenvalue weighted by Crippen LogP contribution is -2.35.